The molecule has 0 bridgehead atoms. The molecular formula is C16H19F3N2O6S. The first kappa shape index (κ1) is 22.1. The zero-order valence-electron chi connectivity index (χ0n) is 15.5. The van der Waals surface area contributed by atoms with Crippen LogP contribution in [0.5, 0.6) is 0 Å². The van der Waals surface area contributed by atoms with Gasteiger partial charge >= 0.3 is 24.0 Å². The van der Waals surface area contributed by atoms with Gasteiger partial charge in [-0.2, -0.15) is 13.2 Å². The second-order valence-corrected chi connectivity index (χ2v) is 8.20. The monoisotopic (exact) mass is 424 g/mol. The smallest absolute Gasteiger partial charge is 0.461 e. The lowest BCUT2D eigenvalue weighted by atomic mass is 10.0. The van der Waals surface area contributed by atoms with E-state index in [0.29, 0.717) is 5.57 Å². The highest BCUT2D eigenvalue weighted by Gasteiger charge is 2.56. The van der Waals surface area contributed by atoms with Crippen molar-refractivity contribution < 1.29 is 41.8 Å². The summed E-state index contributed by atoms with van der Waals surface area (Å²) < 4.78 is 47.6. The van der Waals surface area contributed by atoms with Crippen molar-refractivity contribution in [1.29, 1.82) is 0 Å². The van der Waals surface area contributed by atoms with Crippen molar-refractivity contribution >= 4 is 35.5 Å². The van der Waals surface area contributed by atoms with Gasteiger partial charge in [0.2, 0.25) is 0 Å². The average Bonchev–Trinajstić information content (AvgIpc) is 2.53. The Bertz CT molecular complexity index is 744. The van der Waals surface area contributed by atoms with E-state index in [-0.39, 0.29) is 18.1 Å². The summed E-state index contributed by atoms with van der Waals surface area (Å²) in [5.74, 6) is -4.48. The molecule has 2 heterocycles. The molecule has 0 spiro atoms. The number of rotatable bonds is 4. The molecule has 2 aliphatic heterocycles. The van der Waals surface area contributed by atoms with Crippen molar-refractivity contribution in [2.75, 3.05) is 12.4 Å². The molecule has 2 rings (SSSR count). The highest BCUT2D eigenvalue weighted by molar-refractivity contribution is 8.00. The number of esters is 2. The minimum absolute atomic E-state index is 0.106. The summed E-state index contributed by atoms with van der Waals surface area (Å²) in [5.41, 5.74) is -0.781. The first-order valence-electron chi connectivity index (χ1n) is 8.13. The van der Waals surface area contributed by atoms with Crippen LogP contribution in [-0.4, -0.2) is 64.2 Å². The molecule has 12 heteroatoms. The van der Waals surface area contributed by atoms with E-state index in [4.69, 9.17) is 9.47 Å². The van der Waals surface area contributed by atoms with Crippen LogP contribution in [0.25, 0.3) is 0 Å². The third kappa shape index (κ3) is 4.78. The minimum atomic E-state index is -5.13. The number of ether oxygens (including phenoxy) is 2. The maximum Gasteiger partial charge on any atom is 0.471 e. The molecule has 0 radical (unpaired) electrons. The molecule has 2 atom stereocenters. The molecule has 156 valence electrons. The maximum absolute atomic E-state index is 12.6. The van der Waals surface area contributed by atoms with E-state index in [1.165, 1.54) is 6.92 Å². The number of nitrogens with one attached hydrogen (secondary N) is 1. The summed E-state index contributed by atoms with van der Waals surface area (Å²) in [5, 5.41) is 0.741. The fourth-order valence-electron chi connectivity index (χ4n) is 2.52. The van der Waals surface area contributed by atoms with Crippen molar-refractivity contribution in [2.24, 2.45) is 0 Å². The second kappa shape index (κ2) is 7.64. The summed E-state index contributed by atoms with van der Waals surface area (Å²) in [6.07, 6.45) is -5.13. The number of nitrogens with zero attached hydrogens (tertiary/aromatic N) is 1. The molecule has 0 aromatic heterocycles. The number of fused-ring (bicyclic) bond motifs is 1. The molecular weight excluding hydrogens is 405 g/mol. The number of thioether (sulfide) groups is 1. The molecule has 8 nitrogen and oxygen atoms in total. The summed E-state index contributed by atoms with van der Waals surface area (Å²) in [4.78, 5) is 48.2. The zero-order valence-corrected chi connectivity index (χ0v) is 16.3. The first-order chi connectivity index (χ1) is 12.7. The van der Waals surface area contributed by atoms with E-state index < -0.39 is 46.9 Å². The lowest BCUT2D eigenvalue weighted by molar-refractivity contribution is -0.177. The Morgan fingerprint density at radius 2 is 1.86 bits per heavy atom. The van der Waals surface area contributed by atoms with Crippen LogP contribution in [0.2, 0.25) is 0 Å². The molecule has 0 saturated carbocycles. The van der Waals surface area contributed by atoms with Crippen LogP contribution in [0.4, 0.5) is 13.2 Å². The normalized spacial score (nSPS) is 22.2. The number of carbonyl (C=O) groups excluding carboxylic acids is 4. The summed E-state index contributed by atoms with van der Waals surface area (Å²) >= 11 is 1.04. The lowest BCUT2D eigenvalue weighted by Crippen LogP contribution is -2.71. The SMILES string of the molecule is CC(=O)OCC1=C(C(=O)OC(C)(C)C)N2C(=O)[C@H](NC(=O)C(F)(F)F)C2SC1. The highest BCUT2D eigenvalue weighted by Crippen LogP contribution is 2.41. The number of amides is 2. The average molecular weight is 424 g/mol. The third-order valence-electron chi connectivity index (χ3n) is 3.63. The van der Waals surface area contributed by atoms with Gasteiger partial charge in [-0.1, -0.05) is 0 Å². The largest absolute Gasteiger partial charge is 0.471 e. The second-order valence-electron chi connectivity index (χ2n) is 7.09. The number of halogens is 3. The standard InChI is InChI=1S/C16H19F3N2O6S/c1-7(22)26-5-8-6-28-12-9(20-14(25)16(17,18)19)11(23)21(12)10(8)13(24)27-15(2,3)4/h9,12H,5-6H2,1-4H3,(H,20,25)/t9-,12?/m0/s1. The van der Waals surface area contributed by atoms with Crippen molar-refractivity contribution in [2.45, 2.75) is 50.9 Å². The van der Waals surface area contributed by atoms with E-state index in [0.717, 1.165) is 16.7 Å². The van der Waals surface area contributed by atoms with Crippen LogP contribution < -0.4 is 5.32 Å². The molecule has 0 aromatic rings. The topological polar surface area (TPSA) is 102 Å². The summed E-state index contributed by atoms with van der Waals surface area (Å²) in [7, 11) is 0. The first-order valence-corrected chi connectivity index (χ1v) is 9.18. The third-order valence-corrected chi connectivity index (χ3v) is 4.97. The zero-order chi connectivity index (χ0) is 21.4. The molecule has 1 unspecified atom stereocenters. The van der Waals surface area contributed by atoms with Crippen LogP contribution in [0.15, 0.2) is 11.3 Å². The lowest BCUT2D eigenvalue weighted by Gasteiger charge is -2.49. The van der Waals surface area contributed by atoms with Crippen LogP contribution in [0.1, 0.15) is 27.7 Å². The Kier molecular flexibility index (Phi) is 6.02. The van der Waals surface area contributed by atoms with Crippen LogP contribution in [-0.2, 0) is 28.7 Å². The molecule has 2 amide bonds. The van der Waals surface area contributed by atoms with Gasteiger partial charge in [0.1, 0.15) is 29.3 Å². The van der Waals surface area contributed by atoms with E-state index in [2.05, 4.69) is 0 Å². The van der Waals surface area contributed by atoms with Gasteiger partial charge in [-0.3, -0.25) is 19.3 Å². The Morgan fingerprint density at radius 1 is 1.25 bits per heavy atom. The van der Waals surface area contributed by atoms with Gasteiger partial charge in [-0.15, -0.1) is 11.8 Å². The number of alkyl halides is 3. The molecule has 0 aliphatic carbocycles. The van der Waals surface area contributed by atoms with Gasteiger partial charge in [0, 0.05) is 18.2 Å². The number of carbonyl (C=O) groups is 4. The quantitative estimate of drug-likeness (QED) is 0.533. The fourth-order valence-corrected chi connectivity index (χ4v) is 3.85. The molecule has 1 saturated heterocycles. The van der Waals surface area contributed by atoms with Crippen LogP contribution in [0, 0.1) is 0 Å². The Labute approximate surface area is 162 Å². The van der Waals surface area contributed by atoms with Gasteiger partial charge in [0.05, 0.1) is 0 Å². The van der Waals surface area contributed by atoms with Crippen LogP contribution in [0.3, 0.4) is 0 Å². The minimum Gasteiger partial charge on any atom is -0.461 e. The van der Waals surface area contributed by atoms with Gasteiger partial charge in [0.15, 0.2) is 0 Å². The molecule has 2 aliphatic rings. The van der Waals surface area contributed by atoms with E-state index in [1.807, 2.05) is 0 Å². The van der Waals surface area contributed by atoms with Gasteiger partial charge < -0.3 is 14.8 Å². The van der Waals surface area contributed by atoms with Crippen molar-refractivity contribution in [3.05, 3.63) is 11.3 Å². The Balaban J connectivity index is 2.28. The number of hydrogen-bond donors (Lipinski definition) is 1. The predicted molar refractivity (Wildman–Crippen MR) is 90.6 cm³/mol. The van der Waals surface area contributed by atoms with Crippen molar-refractivity contribution in [3.63, 3.8) is 0 Å². The molecule has 1 fully saturated rings. The van der Waals surface area contributed by atoms with Crippen LogP contribution >= 0.6 is 11.8 Å². The molecule has 28 heavy (non-hydrogen) atoms. The van der Waals surface area contributed by atoms with Crippen molar-refractivity contribution in [1.82, 2.24) is 10.2 Å². The highest BCUT2D eigenvalue weighted by atomic mass is 32.2. The van der Waals surface area contributed by atoms with E-state index in [1.54, 1.807) is 26.1 Å². The Hall–Kier alpha value is -2.24. The maximum atomic E-state index is 12.6. The van der Waals surface area contributed by atoms with Gasteiger partial charge in [0.25, 0.3) is 5.91 Å². The number of hydrogen-bond acceptors (Lipinski definition) is 7. The summed E-state index contributed by atoms with van der Waals surface area (Å²) in [6.45, 7) is 5.72. The van der Waals surface area contributed by atoms with Gasteiger partial charge in [-0.05, 0) is 20.8 Å². The molecule has 1 N–H and O–H groups in total. The predicted octanol–water partition coefficient (Wildman–Crippen LogP) is 1.11. The molecule has 0 aromatic carbocycles. The van der Waals surface area contributed by atoms with E-state index in [9.17, 15) is 32.3 Å². The number of β-lactam (4-membered cyclic amide) rings is 1. The summed E-state index contributed by atoms with van der Waals surface area (Å²) in [6, 6.07) is -1.42. The van der Waals surface area contributed by atoms with Crippen molar-refractivity contribution in [3.8, 4) is 0 Å². The van der Waals surface area contributed by atoms with Gasteiger partial charge in [-0.25, -0.2) is 4.79 Å². The Morgan fingerprint density at radius 3 is 2.36 bits per heavy atom. The fraction of sp³-hybridized carbons (Fsp3) is 0.625. The van der Waals surface area contributed by atoms with E-state index >= 15 is 0 Å².